The van der Waals surface area contributed by atoms with Crippen molar-refractivity contribution in [2.75, 3.05) is 5.32 Å². The van der Waals surface area contributed by atoms with Crippen LogP contribution in [-0.4, -0.2) is 20.6 Å². The molecule has 2 N–H and O–H groups in total. The summed E-state index contributed by atoms with van der Waals surface area (Å²) in [6, 6.07) is 10.0. The molecule has 1 amide bonds. The summed E-state index contributed by atoms with van der Waals surface area (Å²) in [6.45, 7) is 3.84. The molecule has 0 aliphatic carbocycles. The monoisotopic (exact) mass is 445 g/mol. The number of halogens is 2. The minimum atomic E-state index is -0.766. The van der Waals surface area contributed by atoms with Crippen molar-refractivity contribution in [2.45, 2.75) is 6.54 Å². The van der Waals surface area contributed by atoms with Crippen LogP contribution in [0.1, 0.15) is 10.4 Å². The summed E-state index contributed by atoms with van der Waals surface area (Å²) >= 11 is 13.3. The Labute approximate surface area is 178 Å². The van der Waals surface area contributed by atoms with Gasteiger partial charge in [-0.05, 0) is 24.3 Å². The van der Waals surface area contributed by atoms with E-state index in [-0.39, 0.29) is 23.0 Å². The molecule has 2 aromatic carbocycles. The first-order valence-electron chi connectivity index (χ1n) is 8.43. The zero-order valence-corrected chi connectivity index (χ0v) is 17.1. The van der Waals surface area contributed by atoms with Crippen LogP contribution in [0, 0.1) is 0 Å². The van der Waals surface area contributed by atoms with Gasteiger partial charge in [-0.2, -0.15) is 0 Å². The maximum absolute atomic E-state index is 12.9. The molecule has 29 heavy (non-hydrogen) atoms. The number of amides is 1. The van der Waals surface area contributed by atoms with Gasteiger partial charge in [0.05, 0.1) is 15.2 Å². The third-order valence-electron chi connectivity index (χ3n) is 4.32. The van der Waals surface area contributed by atoms with Crippen LogP contribution in [0.3, 0.4) is 0 Å². The molecule has 0 spiro atoms. The Balaban J connectivity index is 1.82. The van der Waals surface area contributed by atoms with Crippen LogP contribution in [0.15, 0.2) is 53.8 Å². The Morgan fingerprint density at radius 1 is 1.31 bits per heavy atom. The third kappa shape index (κ3) is 3.37. The van der Waals surface area contributed by atoms with Gasteiger partial charge in [-0.15, -0.1) is 6.58 Å². The highest BCUT2D eigenvalue weighted by atomic mass is 35.5. The number of pyridine rings is 1. The smallest absolute Gasteiger partial charge is 0.268 e. The molecule has 0 aliphatic heterocycles. The van der Waals surface area contributed by atoms with E-state index in [2.05, 4.69) is 16.9 Å². The SMILES string of the molecule is C=CCn1c(=O)c(C(=O)Nc2nc3c(Cl)cc(Cl)cc3s2)c(O)c2ccccc21. The van der Waals surface area contributed by atoms with E-state index >= 15 is 0 Å². The number of carbonyl (C=O) groups excluding carboxylic acids is 1. The zero-order chi connectivity index (χ0) is 20.7. The van der Waals surface area contributed by atoms with Gasteiger partial charge in [0.1, 0.15) is 16.8 Å². The van der Waals surface area contributed by atoms with Crippen LogP contribution in [-0.2, 0) is 6.54 Å². The lowest BCUT2D eigenvalue weighted by Crippen LogP contribution is -2.29. The molecular formula is C20H13Cl2N3O3S. The van der Waals surface area contributed by atoms with Gasteiger partial charge in [0.25, 0.3) is 11.5 Å². The maximum Gasteiger partial charge on any atom is 0.268 e. The molecule has 0 bridgehead atoms. The fraction of sp³-hybridized carbons (Fsp3) is 0.0500. The standard InChI is InChI=1S/C20H13Cl2N3O3S/c1-2-7-25-13-6-4-3-5-11(13)17(26)15(19(25)28)18(27)24-20-23-16-12(22)8-10(21)9-14(16)29-20/h2-6,8-9,26H,1,7H2,(H,23,24,27). The van der Waals surface area contributed by atoms with Crippen molar-refractivity contribution in [3.63, 3.8) is 0 Å². The topological polar surface area (TPSA) is 84.2 Å². The molecule has 146 valence electrons. The summed E-state index contributed by atoms with van der Waals surface area (Å²) in [5.41, 5.74) is 0.00533. The highest BCUT2D eigenvalue weighted by Gasteiger charge is 2.23. The number of carbonyl (C=O) groups is 1. The van der Waals surface area contributed by atoms with Crippen molar-refractivity contribution in [1.82, 2.24) is 9.55 Å². The number of rotatable bonds is 4. The second kappa shape index (κ2) is 7.51. The lowest BCUT2D eigenvalue weighted by Gasteiger charge is -2.13. The van der Waals surface area contributed by atoms with Crippen molar-refractivity contribution >= 4 is 66.7 Å². The Morgan fingerprint density at radius 3 is 2.83 bits per heavy atom. The summed E-state index contributed by atoms with van der Waals surface area (Å²) in [5, 5.41) is 14.6. The van der Waals surface area contributed by atoms with Crippen LogP contribution in [0.25, 0.3) is 21.1 Å². The zero-order valence-electron chi connectivity index (χ0n) is 14.8. The fourth-order valence-corrected chi connectivity index (χ4v) is 4.66. The van der Waals surface area contributed by atoms with Gasteiger partial charge < -0.3 is 9.67 Å². The predicted octanol–water partition coefficient (Wildman–Crippen LogP) is 5.06. The lowest BCUT2D eigenvalue weighted by atomic mass is 10.1. The van der Waals surface area contributed by atoms with E-state index in [1.807, 2.05) is 0 Å². The number of fused-ring (bicyclic) bond motifs is 2. The van der Waals surface area contributed by atoms with Crippen molar-refractivity contribution in [3.05, 3.63) is 75.0 Å². The minimum absolute atomic E-state index is 0.190. The Bertz CT molecular complexity index is 1360. The number of aromatic hydroxyl groups is 1. The van der Waals surface area contributed by atoms with Gasteiger partial charge in [-0.25, -0.2) is 4.98 Å². The predicted molar refractivity (Wildman–Crippen MR) is 118 cm³/mol. The molecule has 4 aromatic rings. The van der Waals surface area contributed by atoms with E-state index in [1.165, 1.54) is 4.57 Å². The van der Waals surface area contributed by atoms with Crippen LogP contribution >= 0.6 is 34.5 Å². The summed E-state index contributed by atoms with van der Waals surface area (Å²) < 4.78 is 2.07. The van der Waals surface area contributed by atoms with E-state index in [9.17, 15) is 14.7 Å². The minimum Gasteiger partial charge on any atom is -0.506 e. The Hall–Kier alpha value is -2.87. The normalized spacial score (nSPS) is 11.1. The van der Waals surface area contributed by atoms with Crippen LogP contribution in [0.2, 0.25) is 10.0 Å². The molecule has 2 heterocycles. The van der Waals surface area contributed by atoms with Crippen LogP contribution in [0.4, 0.5) is 5.13 Å². The average molecular weight is 446 g/mol. The lowest BCUT2D eigenvalue weighted by molar-refractivity contribution is 0.102. The van der Waals surface area contributed by atoms with E-state index in [0.29, 0.717) is 31.2 Å². The molecule has 0 saturated carbocycles. The summed E-state index contributed by atoms with van der Waals surface area (Å²) in [6.07, 6.45) is 1.55. The molecular weight excluding hydrogens is 433 g/mol. The largest absolute Gasteiger partial charge is 0.506 e. The van der Waals surface area contributed by atoms with Gasteiger partial charge in [0.15, 0.2) is 5.13 Å². The molecule has 0 unspecified atom stereocenters. The Kier molecular flexibility index (Phi) is 5.04. The maximum atomic E-state index is 12.9. The second-order valence-corrected chi connectivity index (χ2v) is 8.03. The molecule has 2 aromatic heterocycles. The van der Waals surface area contributed by atoms with E-state index in [1.54, 1.807) is 42.5 Å². The Morgan fingerprint density at radius 2 is 2.07 bits per heavy atom. The second-order valence-electron chi connectivity index (χ2n) is 6.15. The molecule has 0 saturated heterocycles. The fourth-order valence-electron chi connectivity index (χ4n) is 3.07. The molecule has 6 nitrogen and oxygen atoms in total. The quantitative estimate of drug-likeness (QED) is 0.429. The van der Waals surface area contributed by atoms with Crippen molar-refractivity contribution < 1.29 is 9.90 Å². The van der Waals surface area contributed by atoms with Crippen LogP contribution in [0.5, 0.6) is 5.75 Å². The first-order valence-corrected chi connectivity index (χ1v) is 10.00. The molecule has 4 rings (SSSR count). The number of hydrogen-bond donors (Lipinski definition) is 2. The van der Waals surface area contributed by atoms with Gasteiger partial charge in [0.2, 0.25) is 0 Å². The van der Waals surface area contributed by atoms with Gasteiger partial charge in [-0.3, -0.25) is 14.9 Å². The number of hydrogen-bond acceptors (Lipinski definition) is 5. The number of para-hydroxylation sites is 1. The van der Waals surface area contributed by atoms with Gasteiger partial charge in [-0.1, -0.05) is 52.7 Å². The highest BCUT2D eigenvalue weighted by Crippen LogP contribution is 2.34. The first kappa shape index (κ1) is 19.4. The van der Waals surface area contributed by atoms with Crippen LogP contribution < -0.4 is 10.9 Å². The average Bonchev–Trinajstić information content (AvgIpc) is 3.08. The molecule has 0 radical (unpaired) electrons. The summed E-state index contributed by atoms with van der Waals surface area (Å²) in [4.78, 5) is 30.1. The molecule has 9 heteroatoms. The number of nitrogens with one attached hydrogen (secondary N) is 1. The number of thiazole rings is 1. The van der Waals surface area contributed by atoms with Gasteiger partial charge in [0, 0.05) is 17.0 Å². The van der Waals surface area contributed by atoms with Gasteiger partial charge >= 0.3 is 0 Å². The van der Waals surface area contributed by atoms with Crippen molar-refractivity contribution in [2.24, 2.45) is 0 Å². The first-order chi connectivity index (χ1) is 13.9. The number of anilines is 1. The number of nitrogens with zero attached hydrogens (tertiary/aromatic N) is 2. The van der Waals surface area contributed by atoms with E-state index < -0.39 is 11.5 Å². The molecule has 0 atom stereocenters. The third-order valence-corrected chi connectivity index (χ3v) is 5.74. The van der Waals surface area contributed by atoms with Crippen molar-refractivity contribution in [1.29, 1.82) is 0 Å². The number of benzene rings is 2. The van der Waals surface area contributed by atoms with Crippen molar-refractivity contribution in [3.8, 4) is 5.75 Å². The summed E-state index contributed by atoms with van der Waals surface area (Å²) in [7, 11) is 0. The van der Waals surface area contributed by atoms with E-state index in [0.717, 1.165) is 11.3 Å². The summed E-state index contributed by atoms with van der Waals surface area (Å²) in [5.74, 6) is -1.15. The molecule has 0 fully saturated rings. The highest BCUT2D eigenvalue weighted by molar-refractivity contribution is 7.22. The number of aromatic nitrogens is 2. The van der Waals surface area contributed by atoms with E-state index in [4.69, 9.17) is 23.2 Å². The number of allylic oxidation sites excluding steroid dienone is 1. The molecule has 0 aliphatic rings.